The predicted octanol–water partition coefficient (Wildman–Crippen LogP) is 3.12. The van der Waals surface area contributed by atoms with E-state index in [2.05, 4.69) is 19.4 Å². The fourth-order valence-electron chi connectivity index (χ4n) is 3.58. The molecule has 4 rings (SSSR count). The molecule has 2 aliphatic heterocycles. The molecule has 0 radical (unpaired) electrons. The first-order valence-electron chi connectivity index (χ1n) is 9.55. The predicted molar refractivity (Wildman–Crippen MR) is 117 cm³/mol. The van der Waals surface area contributed by atoms with Crippen molar-refractivity contribution >= 4 is 34.2 Å². The van der Waals surface area contributed by atoms with Gasteiger partial charge >= 0.3 is 6.03 Å². The number of nitrogens with zero attached hydrogens (tertiary/aromatic N) is 3. The van der Waals surface area contributed by atoms with Crippen molar-refractivity contribution in [2.24, 2.45) is 16.0 Å². The van der Waals surface area contributed by atoms with E-state index in [0.29, 0.717) is 42.4 Å². The fraction of sp³-hybridized carbons (Fsp3) is 0.316. The van der Waals surface area contributed by atoms with Gasteiger partial charge in [0.2, 0.25) is 0 Å². The molecule has 0 unspecified atom stereocenters. The van der Waals surface area contributed by atoms with Gasteiger partial charge in [0.1, 0.15) is 5.75 Å². The SMILES string of the molecule is NC1=NS(O)(O)Nc2cccc(OC[C@H]3CCCN(C(=O)Nc4ccncc4)C3)c21. The smallest absolute Gasteiger partial charge is 0.321 e. The minimum absolute atomic E-state index is 0.0151. The standard InChI is InChI=1S/C19H24N6O4S/c20-18-17-15(23-30(27,28)24-18)4-1-5-16(17)29-12-13-3-2-10-25(11-13)19(26)22-14-6-8-21-9-7-14/h1,4-9,13,23,27-28H,2-3,10-12H2,(H2,20,24)(H,21,22,26)/t13-/m0/s1. The van der Waals surface area contributed by atoms with Crippen LogP contribution in [-0.2, 0) is 0 Å². The van der Waals surface area contributed by atoms with Gasteiger partial charge in [0, 0.05) is 37.1 Å². The van der Waals surface area contributed by atoms with Gasteiger partial charge in [-0.1, -0.05) is 6.07 Å². The summed E-state index contributed by atoms with van der Waals surface area (Å²) in [5.74, 6) is 0.684. The van der Waals surface area contributed by atoms with Gasteiger partial charge in [0.15, 0.2) is 5.84 Å². The minimum atomic E-state index is -3.34. The summed E-state index contributed by atoms with van der Waals surface area (Å²) in [4.78, 5) is 18.3. The number of hydrogen-bond donors (Lipinski definition) is 5. The van der Waals surface area contributed by atoms with Gasteiger partial charge in [0.25, 0.3) is 0 Å². The second-order valence-corrected chi connectivity index (χ2v) is 8.63. The second-order valence-electron chi connectivity index (χ2n) is 7.21. The zero-order valence-electron chi connectivity index (χ0n) is 16.2. The quantitative estimate of drug-likeness (QED) is 0.499. The molecule has 1 atom stereocenters. The lowest BCUT2D eigenvalue weighted by Gasteiger charge is -2.34. The Kier molecular flexibility index (Phi) is 5.66. The van der Waals surface area contributed by atoms with Gasteiger partial charge in [-0.15, -0.1) is 4.40 Å². The zero-order chi connectivity index (χ0) is 21.1. The van der Waals surface area contributed by atoms with Crippen LogP contribution < -0.4 is 20.5 Å². The van der Waals surface area contributed by atoms with Crippen LogP contribution in [0.25, 0.3) is 0 Å². The van der Waals surface area contributed by atoms with Crippen molar-refractivity contribution in [3.63, 3.8) is 0 Å². The summed E-state index contributed by atoms with van der Waals surface area (Å²) in [5, 5.41) is 2.88. The zero-order valence-corrected chi connectivity index (χ0v) is 17.0. The lowest BCUT2D eigenvalue weighted by Crippen LogP contribution is -2.43. The van der Waals surface area contributed by atoms with Gasteiger partial charge in [-0.2, -0.15) is 0 Å². The molecule has 3 heterocycles. The summed E-state index contributed by atoms with van der Waals surface area (Å²) in [7, 11) is -3.34. The van der Waals surface area contributed by atoms with E-state index >= 15 is 0 Å². The van der Waals surface area contributed by atoms with E-state index in [1.807, 2.05) is 0 Å². The lowest BCUT2D eigenvalue weighted by molar-refractivity contribution is 0.145. The Labute approximate surface area is 175 Å². The summed E-state index contributed by atoms with van der Waals surface area (Å²) < 4.78 is 31.8. The maximum absolute atomic E-state index is 12.6. The highest BCUT2D eigenvalue weighted by Crippen LogP contribution is 2.46. The van der Waals surface area contributed by atoms with Crippen LogP contribution in [-0.4, -0.2) is 50.6 Å². The number of rotatable bonds is 4. The number of anilines is 2. The molecule has 11 heteroatoms. The van der Waals surface area contributed by atoms with Crippen molar-refractivity contribution in [3.05, 3.63) is 48.3 Å². The van der Waals surface area contributed by atoms with Gasteiger partial charge in [-0.3, -0.25) is 18.8 Å². The van der Waals surface area contributed by atoms with Gasteiger partial charge in [-0.05, 0) is 48.1 Å². The average Bonchev–Trinajstić information content (AvgIpc) is 2.72. The highest BCUT2D eigenvalue weighted by Gasteiger charge is 2.27. The molecule has 6 N–H and O–H groups in total. The number of carbonyl (C=O) groups excluding carboxylic acids is 1. The van der Waals surface area contributed by atoms with E-state index in [4.69, 9.17) is 10.5 Å². The van der Waals surface area contributed by atoms with Crippen LogP contribution in [0.4, 0.5) is 16.2 Å². The largest absolute Gasteiger partial charge is 0.492 e. The number of nitrogens with one attached hydrogen (secondary N) is 2. The highest BCUT2D eigenvalue weighted by molar-refractivity contribution is 8.24. The fourth-order valence-corrected chi connectivity index (χ4v) is 4.46. The molecule has 0 aliphatic carbocycles. The Balaban J connectivity index is 1.38. The topological polar surface area (TPSA) is 145 Å². The maximum Gasteiger partial charge on any atom is 0.321 e. The first kappa shape index (κ1) is 20.3. The summed E-state index contributed by atoms with van der Waals surface area (Å²) in [6.45, 7) is 1.67. The number of hydrogen-bond acceptors (Lipinski definition) is 8. The molecule has 0 spiro atoms. The van der Waals surface area contributed by atoms with Gasteiger partial charge < -0.3 is 20.7 Å². The molecular formula is C19H24N6O4S. The first-order chi connectivity index (χ1) is 14.4. The van der Waals surface area contributed by atoms with E-state index in [-0.39, 0.29) is 17.8 Å². The molecule has 1 saturated heterocycles. The molecule has 0 saturated carbocycles. The van der Waals surface area contributed by atoms with Crippen LogP contribution in [0.1, 0.15) is 18.4 Å². The monoisotopic (exact) mass is 432 g/mol. The lowest BCUT2D eigenvalue weighted by atomic mass is 9.99. The van der Waals surface area contributed by atoms with Crippen LogP contribution in [0.15, 0.2) is 47.1 Å². The summed E-state index contributed by atoms with van der Waals surface area (Å²) in [6, 6.07) is 8.53. The molecule has 1 fully saturated rings. The normalized spacial score (nSPS) is 20.9. The maximum atomic E-state index is 12.6. The summed E-state index contributed by atoms with van der Waals surface area (Å²) in [5.41, 5.74) is 7.60. The number of benzene rings is 1. The number of carbonyl (C=O) groups is 1. The van der Waals surface area contributed by atoms with Crippen molar-refractivity contribution < 1.29 is 18.6 Å². The van der Waals surface area contributed by atoms with E-state index in [0.717, 1.165) is 12.8 Å². The van der Waals surface area contributed by atoms with E-state index in [1.165, 1.54) is 0 Å². The van der Waals surface area contributed by atoms with E-state index in [1.54, 1.807) is 47.6 Å². The molecule has 2 aromatic rings. The molecule has 0 bridgehead atoms. The number of fused-ring (bicyclic) bond motifs is 1. The number of aromatic nitrogens is 1. The molecule has 2 aliphatic rings. The summed E-state index contributed by atoms with van der Waals surface area (Å²) >= 11 is 0. The Hall–Kier alpha value is -3.02. The average molecular weight is 433 g/mol. The number of ether oxygens (including phenoxy) is 1. The number of amides is 2. The first-order valence-corrected chi connectivity index (χ1v) is 11.0. The molecule has 1 aromatic carbocycles. The van der Waals surface area contributed by atoms with Crippen molar-refractivity contribution in [1.29, 1.82) is 0 Å². The van der Waals surface area contributed by atoms with Crippen molar-refractivity contribution in [1.82, 2.24) is 9.88 Å². The number of amidine groups is 1. The third kappa shape index (κ3) is 4.58. The molecule has 2 amide bonds. The molecule has 1 aromatic heterocycles. The third-order valence-corrected chi connectivity index (χ3v) is 5.91. The van der Waals surface area contributed by atoms with Crippen molar-refractivity contribution in [2.75, 3.05) is 29.7 Å². The number of pyridine rings is 1. The van der Waals surface area contributed by atoms with Crippen LogP contribution in [0.3, 0.4) is 0 Å². The molecule has 160 valence electrons. The Morgan fingerprint density at radius 2 is 2.13 bits per heavy atom. The number of likely N-dealkylation sites (tertiary alicyclic amines) is 1. The Morgan fingerprint density at radius 3 is 2.93 bits per heavy atom. The number of piperidine rings is 1. The second kappa shape index (κ2) is 8.38. The van der Waals surface area contributed by atoms with Crippen LogP contribution in [0, 0.1) is 5.92 Å². The van der Waals surface area contributed by atoms with Crippen LogP contribution >= 0.6 is 11.0 Å². The van der Waals surface area contributed by atoms with E-state index in [9.17, 15) is 13.9 Å². The third-order valence-electron chi connectivity index (χ3n) is 4.97. The molecule has 30 heavy (non-hydrogen) atoms. The van der Waals surface area contributed by atoms with Crippen molar-refractivity contribution in [3.8, 4) is 5.75 Å². The van der Waals surface area contributed by atoms with E-state index < -0.39 is 11.0 Å². The molecular weight excluding hydrogens is 408 g/mol. The van der Waals surface area contributed by atoms with Crippen LogP contribution in [0.5, 0.6) is 5.75 Å². The van der Waals surface area contributed by atoms with Gasteiger partial charge in [-0.25, -0.2) is 4.79 Å². The number of urea groups is 1. The highest BCUT2D eigenvalue weighted by atomic mass is 32.3. The Morgan fingerprint density at radius 1 is 1.33 bits per heavy atom. The molecule has 10 nitrogen and oxygen atoms in total. The summed E-state index contributed by atoms with van der Waals surface area (Å²) in [6.07, 6.45) is 5.09. The van der Waals surface area contributed by atoms with Gasteiger partial charge in [0.05, 0.1) is 17.9 Å². The van der Waals surface area contributed by atoms with Crippen molar-refractivity contribution in [2.45, 2.75) is 12.8 Å². The minimum Gasteiger partial charge on any atom is -0.492 e. The Bertz CT molecular complexity index is 955. The van der Waals surface area contributed by atoms with Crippen LogP contribution in [0.2, 0.25) is 0 Å². The number of nitrogens with two attached hydrogens (primary N) is 1.